The highest BCUT2D eigenvalue weighted by Crippen LogP contribution is 2.37. The van der Waals surface area contributed by atoms with Gasteiger partial charge in [0.25, 0.3) is 5.91 Å². The third kappa shape index (κ3) is 6.06. The zero-order valence-electron chi connectivity index (χ0n) is 22.2. The molecule has 5 rings (SSSR count). The second-order valence-electron chi connectivity index (χ2n) is 10.1. The zero-order chi connectivity index (χ0) is 27.4. The van der Waals surface area contributed by atoms with Crippen molar-refractivity contribution in [3.05, 3.63) is 83.8 Å². The SMILES string of the molecule is COc1ccc(CNC(=O)c2cn3cc(-c4ccc([C@H]5CC[C@H](CC(=O)O)CC5)cc4)ccc3n2)cc1OC. The van der Waals surface area contributed by atoms with Crippen LogP contribution in [0.3, 0.4) is 0 Å². The van der Waals surface area contributed by atoms with E-state index in [0.717, 1.165) is 42.4 Å². The molecule has 4 aromatic rings. The minimum absolute atomic E-state index is 0.252. The van der Waals surface area contributed by atoms with Crippen molar-refractivity contribution in [2.75, 3.05) is 14.2 Å². The predicted molar refractivity (Wildman–Crippen MR) is 148 cm³/mol. The van der Waals surface area contributed by atoms with Gasteiger partial charge in [-0.15, -0.1) is 0 Å². The standard InChI is InChI=1S/C31H33N3O5/c1-38-27-13-5-21(15-28(27)39-2)17-32-31(37)26-19-34-18-25(12-14-29(34)33-26)24-10-8-23(9-11-24)22-6-3-20(4-7-22)16-30(35)36/h5,8-15,18-20,22H,3-4,6-7,16-17H2,1-2H3,(H,32,37)(H,35,36)/t20-,22-. The van der Waals surface area contributed by atoms with E-state index in [4.69, 9.17) is 14.6 Å². The molecule has 1 saturated carbocycles. The molecule has 1 fully saturated rings. The highest BCUT2D eigenvalue weighted by atomic mass is 16.5. The van der Waals surface area contributed by atoms with Gasteiger partial charge in [0, 0.05) is 25.4 Å². The van der Waals surface area contributed by atoms with Crippen molar-refractivity contribution < 1.29 is 24.2 Å². The number of nitrogens with one attached hydrogen (secondary N) is 1. The Labute approximate surface area is 227 Å². The maximum atomic E-state index is 12.8. The van der Waals surface area contributed by atoms with E-state index in [1.807, 2.05) is 40.9 Å². The largest absolute Gasteiger partial charge is 0.493 e. The fourth-order valence-corrected chi connectivity index (χ4v) is 5.43. The fraction of sp³-hybridized carbons (Fsp3) is 0.323. The molecule has 1 aliphatic carbocycles. The van der Waals surface area contributed by atoms with Crippen LogP contribution in [0.2, 0.25) is 0 Å². The van der Waals surface area contributed by atoms with Crippen LogP contribution in [0.1, 0.15) is 59.6 Å². The first-order valence-electron chi connectivity index (χ1n) is 13.2. The van der Waals surface area contributed by atoms with Gasteiger partial charge < -0.3 is 24.3 Å². The average molecular weight is 528 g/mol. The molecule has 1 aliphatic rings. The maximum Gasteiger partial charge on any atom is 0.303 e. The summed E-state index contributed by atoms with van der Waals surface area (Å²) in [6.45, 7) is 0.339. The van der Waals surface area contributed by atoms with E-state index in [2.05, 4.69) is 34.6 Å². The van der Waals surface area contributed by atoms with Crippen molar-refractivity contribution in [3.8, 4) is 22.6 Å². The number of carboxylic acid groups (broad SMARTS) is 1. The number of methoxy groups -OCH3 is 2. The molecule has 8 heteroatoms. The quantitative estimate of drug-likeness (QED) is 0.290. The second-order valence-corrected chi connectivity index (χ2v) is 10.1. The number of rotatable bonds is 9. The van der Waals surface area contributed by atoms with E-state index in [1.54, 1.807) is 20.4 Å². The molecule has 0 unspecified atom stereocenters. The molecule has 0 aliphatic heterocycles. The third-order valence-electron chi connectivity index (χ3n) is 7.61. The van der Waals surface area contributed by atoms with Crippen LogP contribution >= 0.6 is 0 Å². The number of imidazole rings is 1. The molecule has 202 valence electrons. The molecule has 0 saturated heterocycles. The number of amides is 1. The first-order valence-corrected chi connectivity index (χ1v) is 13.2. The molecule has 1 amide bonds. The molecular formula is C31H33N3O5. The van der Waals surface area contributed by atoms with Crippen molar-refractivity contribution >= 4 is 17.5 Å². The number of aliphatic carboxylic acids is 1. The van der Waals surface area contributed by atoms with Crippen LogP contribution in [0.15, 0.2) is 67.0 Å². The second kappa shape index (κ2) is 11.6. The first kappa shape index (κ1) is 26.3. The topological polar surface area (TPSA) is 102 Å². The number of fused-ring (bicyclic) bond motifs is 1. The number of pyridine rings is 1. The van der Waals surface area contributed by atoms with Crippen molar-refractivity contribution in [1.82, 2.24) is 14.7 Å². The average Bonchev–Trinajstić information content (AvgIpc) is 3.40. The first-order chi connectivity index (χ1) is 18.9. The molecule has 0 spiro atoms. The molecule has 2 N–H and O–H groups in total. The predicted octanol–water partition coefficient (Wildman–Crippen LogP) is 5.70. The van der Waals surface area contributed by atoms with E-state index >= 15 is 0 Å². The highest BCUT2D eigenvalue weighted by Gasteiger charge is 2.24. The van der Waals surface area contributed by atoms with Gasteiger partial charge in [0.15, 0.2) is 11.5 Å². The molecule has 0 radical (unpaired) electrons. The zero-order valence-corrected chi connectivity index (χ0v) is 22.2. The normalized spacial score (nSPS) is 17.1. The summed E-state index contributed by atoms with van der Waals surface area (Å²) in [7, 11) is 3.17. The van der Waals surface area contributed by atoms with Crippen LogP contribution in [0.5, 0.6) is 11.5 Å². The number of ether oxygens (including phenoxy) is 2. The van der Waals surface area contributed by atoms with E-state index in [-0.39, 0.29) is 12.3 Å². The number of aromatic nitrogens is 2. The Morgan fingerprint density at radius 2 is 1.64 bits per heavy atom. The van der Waals surface area contributed by atoms with Crippen molar-refractivity contribution in [3.63, 3.8) is 0 Å². The molecule has 0 bridgehead atoms. The minimum Gasteiger partial charge on any atom is -0.493 e. The summed E-state index contributed by atoms with van der Waals surface area (Å²) >= 11 is 0. The number of hydrogen-bond acceptors (Lipinski definition) is 5. The number of hydrogen-bond donors (Lipinski definition) is 2. The Balaban J connectivity index is 1.23. The lowest BCUT2D eigenvalue weighted by Gasteiger charge is -2.28. The maximum absolute atomic E-state index is 12.8. The van der Waals surface area contributed by atoms with E-state index in [9.17, 15) is 9.59 Å². The number of carbonyl (C=O) groups is 2. The monoisotopic (exact) mass is 527 g/mol. The van der Waals surface area contributed by atoms with Gasteiger partial charge in [0.1, 0.15) is 11.3 Å². The van der Waals surface area contributed by atoms with Gasteiger partial charge >= 0.3 is 5.97 Å². The summed E-state index contributed by atoms with van der Waals surface area (Å²) in [5.74, 6) is 1.09. The molecule has 2 heterocycles. The van der Waals surface area contributed by atoms with Gasteiger partial charge in [0.2, 0.25) is 0 Å². The summed E-state index contributed by atoms with van der Waals surface area (Å²) in [5.41, 5.74) is 5.38. The van der Waals surface area contributed by atoms with Crippen LogP contribution in [-0.4, -0.2) is 40.6 Å². The van der Waals surface area contributed by atoms with E-state index < -0.39 is 5.97 Å². The van der Waals surface area contributed by atoms with Crippen molar-refractivity contribution in [2.45, 2.75) is 44.6 Å². The van der Waals surface area contributed by atoms with Gasteiger partial charge in [-0.05, 0) is 84.0 Å². The summed E-state index contributed by atoms with van der Waals surface area (Å²) in [5, 5.41) is 12.0. The van der Waals surface area contributed by atoms with Crippen LogP contribution < -0.4 is 14.8 Å². The molecule has 2 aromatic heterocycles. The van der Waals surface area contributed by atoms with Gasteiger partial charge in [-0.2, -0.15) is 0 Å². The van der Waals surface area contributed by atoms with Crippen molar-refractivity contribution in [2.24, 2.45) is 5.92 Å². The number of nitrogens with zero attached hydrogens (tertiary/aromatic N) is 2. The Bertz CT molecular complexity index is 1470. The Kier molecular flexibility index (Phi) is 7.81. The van der Waals surface area contributed by atoms with Crippen molar-refractivity contribution in [1.29, 1.82) is 0 Å². The number of carboxylic acids is 1. The Morgan fingerprint density at radius 3 is 2.33 bits per heavy atom. The van der Waals surface area contributed by atoms with Gasteiger partial charge in [-0.1, -0.05) is 30.3 Å². The van der Waals surface area contributed by atoms with Crippen LogP contribution in [-0.2, 0) is 11.3 Å². The lowest BCUT2D eigenvalue weighted by Crippen LogP contribution is -2.23. The van der Waals surface area contributed by atoms with Crippen LogP contribution in [0.4, 0.5) is 0 Å². The summed E-state index contributed by atoms with van der Waals surface area (Å²) in [4.78, 5) is 28.3. The Hall–Kier alpha value is -4.33. The lowest BCUT2D eigenvalue weighted by molar-refractivity contribution is -0.138. The Morgan fingerprint density at radius 1 is 0.923 bits per heavy atom. The molecule has 39 heavy (non-hydrogen) atoms. The lowest BCUT2D eigenvalue weighted by atomic mass is 9.77. The smallest absolute Gasteiger partial charge is 0.303 e. The van der Waals surface area contributed by atoms with Gasteiger partial charge in [0.05, 0.1) is 14.2 Å². The number of benzene rings is 2. The molecular weight excluding hydrogens is 494 g/mol. The van der Waals surface area contributed by atoms with Crippen LogP contribution in [0, 0.1) is 5.92 Å². The molecule has 0 atom stereocenters. The summed E-state index contributed by atoms with van der Waals surface area (Å²) < 4.78 is 12.5. The van der Waals surface area contributed by atoms with E-state index in [0.29, 0.717) is 41.2 Å². The van der Waals surface area contributed by atoms with Gasteiger partial charge in [-0.25, -0.2) is 4.98 Å². The molecule has 8 nitrogen and oxygen atoms in total. The minimum atomic E-state index is -0.694. The summed E-state index contributed by atoms with van der Waals surface area (Å²) in [6.07, 6.45) is 8.03. The molecule has 2 aromatic carbocycles. The van der Waals surface area contributed by atoms with Crippen LogP contribution in [0.25, 0.3) is 16.8 Å². The fourth-order valence-electron chi connectivity index (χ4n) is 5.43. The third-order valence-corrected chi connectivity index (χ3v) is 7.61. The van der Waals surface area contributed by atoms with Gasteiger partial charge in [-0.3, -0.25) is 9.59 Å². The number of carbonyl (C=O) groups excluding carboxylic acids is 1. The summed E-state index contributed by atoms with van der Waals surface area (Å²) in [6, 6.07) is 18.1. The van der Waals surface area contributed by atoms with E-state index in [1.165, 1.54) is 5.56 Å². The highest BCUT2D eigenvalue weighted by molar-refractivity contribution is 5.92.